The number of methoxy groups -OCH3 is 1. The van der Waals surface area contributed by atoms with Gasteiger partial charge in [0.25, 0.3) is 5.91 Å². The van der Waals surface area contributed by atoms with Gasteiger partial charge in [0.15, 0.2) is 0 Å². The Balaban J connectivity index is 2.66. The van der Waals surface area contributed by atoms with Gasteiger partial charge in [0, 0.05) is 6.08 Å². The Hall–Kier alpha value is -2.38. The molecule has 1 aromatic carbocycles. The Labute approximate surface area is 122 Å². The van der Waals surface area contributed by atoms with E-state index in [0.29, 0.717) is 5.75 Å². The van der Waals surface area contributed by atoms with Gasteiger partial charge in [-0.1, -0.05) is 12.1 Å². The van der Waals surface area contributed by atoms with Crippen LogP contribution in [0.3, 0.4) is 0 Å². The second kappa shape index (κ2) is 8.03. The molecule has 7 heteroatoms. The number of aliphatic hydroxyl groups is 1. The van der Waals surface area contributed by atoms with E-state index >= 15 is 0 Å². The van der Waals surface area contributed by atoms with Crippen molar-refractivity contribution in [3.63, 3.8) is 0 Å². The van der Waals surface area contributed by atoms with Crippen molar-refractivity contribution in [2.45, 2.75) is 19.1 Å². The van der Waals surface area contributed by atoms with E-state index in [-0.39, 0.29) is 0 Å². The molecule has 114 valence electrons. The summed E-state index contributed by atoms with van der Waals surface area (Å²) in [5.41, 5.74) is 2.16. The van der Waals surface area contributed by atoms with Crippen molar-refractivity contribution in [3.05, 3.63) is 35.9 Å². The molecule has 0 spiro atoms. The Morgan fingerprint density at radius 2 is 1.90 bits per heavy atom. The zero-order valence-corrected chi connectivity index (χ0v) is 11.7. The molecule has 2 atom stereocenters. The molecule has 0 saturated heterocycles. The zero-order chi connectivity index (χ0) is 15.8. The number of hydrogen-bond acceptors (Lipinski definition) is 5. The fraction of sp³-hybridized carbons (Fsp3) is 0.286. The highest BCUT2D eigenvalue weighted by atomic mass is 16.5. The number of hydroxylamine groups is 1. The first-order valence-electron chi connectivity index (χ1n) is 6.22. The van der Waals surface area contributed by atoms with Crippen LogP contribution in [0.4, 0.5) is 0 Å². The lowest BCUT2D eigenvalue weighted by Gasteiger charge is -2.18. The van der Waals surface area contributed by atoms with Crippen LogP contribution in [0.5, 0.6) is 5.75 Å². The third kappa shape index (κ3) is 5.25. The predicted molar refractivity (Wildman–Crippen MR) is 75.6 cm³/mol. The van der Waals surface area contributed by atoms with E-state index in [2.05, 4.69) is 5.32 Å². The number of carbonyl (C=O) groups excluding carboxylic acids is 2. The van der Waals surface area contributed by atoms with Crippen molar-refractivity contribution in [2.75, 3.05) is 7.11 Å². The highest BCUT2D eigenvalue weighted by molar-refractivity contribution is 5.95. The maximum atomic E-state index is 11.7. The van der Waals surface area contributed by atoms with E-state index in [9.17, 15) is 14.7 Å². The van der Waals surface area contributed by atoms with Crippen LogP contribution in [0.1, 0.15) is 12.5 Å². The topological polar surface area (TPSA) is 108 Å². The number of amides is 2. The first kappa shape index (κ1) is 16.7. The number of rotatable bonds is 6. The van der Waals surface area contributed by atoms with Crippen LogP contribution in [-0.2, 0) is 9.59 Å². The lowest BCUT2D eigenvalue weighted by molar-refractivity contribution is -0.136. The Morgan fingerprint density at radius 1 is 1.29 bits per heavy atom. The molecule has 0 heterocycles. The minimum atomic E-state index is -1.23. The van der Waals surface area contributed by atoms with E-state index in [0.717, 1.165) is 5.56 Å². The van der Waals surface area contributed by atoms with Crippen LogP contribution in [0, 0.1) is 0 Å². The Kier molecular flexibility index (Phi) is 6.38. The third-order valence-corrected chi connectivity index (χ3v) is 2.72. The molecule has 2 amide bonds. The highest BCUT2D eigenvalue weighted by Gasteiger charge is 2.24. The smallest absolute Gasteiger partial charge is 0.268 e. The van der Waals surface area contributed by atoms with E-state index in [4.69, 9.17) is 9.94 Å². The standard InChI is InChI=1S/C14H18N2O5/c1-9(17)13(14(19)16-20)15-12(18)8-5-10-3-6-11(21-2)7-4-10/h3-9,13,17,20H,1-2H3,(H,15,18)(H,16,19)/b8-5+/t9-,13+/m1/s1. The van der Waals surface area contributed by atoms with Crippen LogP contribution >= 0.6 is 0 Å². The molecule has 0 radical (unpaired) electrons. The van der Waals surface area contributed by atoms with Crippen molar-refractivity contribution < 1.29 is 24.6 Å². The quantitative estimate of drug-likeness (QED) is 0.337. The molecule has 0 bridgehead atoms. The zero-order valence-electron chi connectivity index (χ0n) is 11.7. The predicted octanol–water partition coefficient (Wildman–Crippen LogP) is 0.0794. The molecule has 1 aromatic rings. The summed E-state index contributed by atoms with van der Waals surface area (Å²) in [5.74, 6) is -0.762. The molecule has 1 rings (SSSR count). The molecular formula is C14H18N2O5. The minimum Gasteiger partial charge on any atom is -0.497 e. The highest BCUT2D eigenvalue weighted by Crippen LogP contribution is 2.12. The summed E-state index contributed by atoms with van der Waals surface area (Å²) >= 11 is 0. The molecule has 0 aliphatic heterocycles. The molecule has 0 unspecified atom stereocenters. The molecule has 0 aliphatic rings. The van der Waals surface area contributed by atoms with Gasteiger partial charge >= 0.3 is 0 Å². The maximum absolute atomic E-state index is 11.7. The van der Waals surface area contributed by atoms with Crippen LogP contribution in [0.2, 0.25) is 0 Å². The van der Waals surface area contributed by atoms with Crippen molar-refractivity contribution in [2.24, 2.45) is 0 Å². The molecule has 0 saturated carbocycles. The van der Waals surface area contributed by atoms with Crippen molar-refractivity contribution in [1.29, 1.82) is 0 Å². The first-order chi connectivity index (χ1) is 9.97. The van der Waals surface area contributed by atoms with E-state index in [1.807, 2.05) is 0 Å². The number of hydrogen-bond donors (Lipinski definition) is 4. The summed E-state index contributed by atoms with van der Waals surface area (Å²) in [6.07, 6.45) is 1.63. The van der Waals surface area contributed by atoms with E-state index < -0.39 is 24.0 Å². The second-order valence-electron chi connectivity index (χ2n) is 4.31. The number of nitrogens with one attached hydrogen (secondary N) is 2. The maximum Gasteiger partial charge on any atom is 0.268 e. The minimum absolute atomic E-state index is 0.569. The lowest BCUT2D eigenvalue weighted by atomic mass is 10.1. The van der Waals surface area contributed by atoms with Crippen LogP contribution < -0.4 is 15.5 Å². The SMILES string of the molecule is COc1ccc(/C=C/C(=O)N[C@H](C(=O)NO)[C@@H](C)O)cc1. The summed E-state index contributed by atoms with van der Waals surface area (Å²) in [6, 6.07) is 5.78. The van der Waals surface area contributed by atoms with Gasteiger partial charge in [-0.3, -0.25) is 14.8 Å². The van der Waals surface area contributed by atoms with Gasteiger partial charge in [-0.2, -0.15) is 0 Å². The molecule has 0 aromatic heterocycles. The average Bonchev–Trinajstić information content (AvgIpc) is 2.50. The van der Waals surface area contributed by atoms with Crippen LogP contribution in [0.25, 0.3) is 6.08 Å². The molecular weight excluding hydrogens is 276 g/mol. The number of aliphatic hydroxyl groups excluding tert-OH is 1. The van der Waals surface area contributed by atoms with Gasteiger partial charge in [-0.25, -0.2) is 5.48 Å². The third-order valence-electron chi connectivity index (χ3n) is 2.72. The molecule has 7 nitrogen and oxygen atoms in total. The molecule has 0 aliphatic carbocycles. The van der Waals surface area contributed by atoms with Crippen molar-refractivity contribution in [3.8, 4) is 5.75 Å². The summed E-state index contributed by atoms with van der Waals surface area (Å²) < 4.78 is 5.01. The van der Waals surface area contributed by atoms with Gasteiger partial charge in [0.1, 0.15) is 11.8 Å². The van der Waals surface area contributed by atoms with Gasteiger partial charge < -0.3 is 15.2 Å². The fourth-order valence-electron chi connectivity index (χ4n) is 1.56. The number of carbonyl (C=O) groups is 2. The fourth-order valence-corrected chi connectivity index (χ4v) is 1.56. The monoisotopic (exact) mass is 294 g/mol. The first-order valence-corrected chi connectivity index (χ1v) is 6.22. The van der Waals surface area contributed by atoms with Gasteiger partial charge in [0.2, 0.25) is 5.91 Å². The second-order valence-corrected chi connectivity index (χ2v) is 4.31. The normalized spacial score (nSPS) is 13.5. The molecule has 0 fully saturated rings. The summed E-state index contributed by atoms with van der Waals surface area (Å²) in [5, 5.41) is 20.2. The Morgan fingerprint density at radius 3 is 2.38 bits per heavy atom. The summed E-state index contributed by atoms with van der Waals surface area (Å²) in [4.78, 5) is 22.9. The average molecular weight is 294 g/mol. The summed E-state index contributed by atoms with van der Waals surface area (Å²) in [7, 11) is 1.56. The molecule has 4 N–H and O–H groups in total. The van der Waals surface area contributed by atoms with Crippen LogP contribution in [0.15, 0.2) is 30.3 Å². The summed E-state index contributed by atoms with van der Waals surface area (Å²) in [6.45, 7) is 1.33. The number of ether oxygens (including phenoxy) is 1. The largest absolute Gasteiger partial charge is 0.497 e. The van der Waals surface area contributed by atoms with Gasteiger partial charge in [-0.05, 0) is 30.7 Å². The Bertz CT molecular complexity index is 511. The lowest BCUT2D eigenvalue weighted by Crippen LogP contribution is -2.51. The van der Waals surface area contributed by atoms with E-state index in [1.165, 1.54) is 18.5 Å². The van der Waals surface area contributed by atoms with Gasteiger partial charge in [0.05, 0.1) is 13.2 Å². The van der Waals surface area contributed by atoms with Crippen molar-refractivity contribution in [1.82, 2.24) is 10.8 Å². The van der Waals surface area contributed by atoms with Crippen molar-refractivity contribution >= 4 is 17.9 Å². The number of benzene rings is 1. The van der Waals surface area contributed by atoms with E-state index in [1.54, 1.807) is 37.5 Å². The van der Waals surface area contributed by atoms with Gasteiger partial charge in [-0.15, -0.1) is 0 Å². The van der Waals surface area contributed by atoms with Crippen LogP contribution in [-0.4, -0.2) is 41.4 Å². The molecule has 21 heavy (non-hydrogen) atoms.